The highest BCUT2D eigenvalue weighted by Crippen LogP contribution is 2.18. The van der Waals surface area contributed by atoms with Crippen molar-refractivity contribution < 1.29 is 14.8 Å². The lowest BCUT2D eigenvalue weighted by molar-refractivity contribution is -0.384. The monoisotopic (exact) mass is 236 g/mol. The predicted octanol–water partition coefficient (Wildman–Crippen LogP) is 2.04. The minimum Gasteiger partial charge on any atom is -0.480 e. The van der Waals surface area contributed by atoms with Crippen LogP contribution < -0.4 is 5.32 Å². The molecular formula is C11H12N2O4. The van der Waals surface area contributed by atoms with Gasteiger partial charge in [0.15, 0.2) is 0 Å². The number of nitro benzene ring substituents is 1. The van der Waals surface area contributed by atoms with E-state index in [9.17, 15) is 14.9 Å². The molecule has 2 N–H and O–H groups in total. The lowest BCUT2D eigenvalue weighted by Gasteiger charge is -2.13. The van der Waals surface area contributed by atoms with E-state index in [4.69, 9.17) is 5.11 Å². The first-order valence-corrected chi connectivity index (χ1v) is 4.89. The molecule has 0 amide bonds. The molecule has 1 aromatic carbocycles. The van der Waals surface area contributed by atoms with Crippen LogP contribution in [0.5, 0.6) is 0 Å². The third kappa shape index (κ3) is 3.60. The normalized spacial score (nSPS) is 11.5. The number of hydrogen-bond acceptors (Lipinski definition) is 4. The largest absolute Gasteiger partial charge is 0.480 e. The van der Waals surface area contributed by atoms with E-state index in [0.29, 0.717) is 5.69 Å². The van der Waals surface area contributed by atoms with Crippen LogP contribution in [0.4, 0.5) is 11.4 Å². The highest BCUT2D eigenvalue weighted by molar-refractivity contribution is 5.77. The number of hydrogen-bond donors (Lipinski definition) is 2. The number of carbonyl (C=O) groups is 1. The third-order valence-corrected chi connectivity index (χ3v) is 2.10. The maximum atomic E-state index is 10.9. The van der Waals surface area contributed by atoms with E-state index < -0.39 is 16.9 Å². The number of non-ortho nitro benzene ring substituents is 1. The van der Waals surface area contributed by atoms with Gasteiger partial charge in [0.05, 0.1) is 4.92 Å². The van der Waals surface area contributed by atoms with Gasteiger partial charge in [-0.15, -0.1) is 6.58 Å². The fourth-order valence-corrected chi connectivity index (χ4v) is 1.30. The molecule has 0 heterocycles. The van der Waals surface area contributed by atoms with E-state index in [1.807, 2.05) is 0 Å². The summed E-state index contributed by atoms with van der Waals surface area (Å²) >= 11 is 0. The maximum absolute atomic E-state index is 10.9. The van der Waals surface area contributed by atoms with Crippen molar-refractivity contribution in [1.29, 1.82) is 0 Å². The fraction of sp³-hybridized carbons (Fsp3) is 0.182. The molecule has 0 aliphatic carbocycles. The average Bonchev–Trinajstić information content (AvgIpc) is 2.28. The number of anilines is 1. The van der Waals surface area contributed by atoms with Gasteiger partial charge in [-0.3, -0.25) is 10.1 Å². The van der Waals surface area contributed by atoms with Crippen molar-refractivity contribution in [2.45, 2.75) is 12.5 Å². The third-order valence-electron chi connectivity index (χ3n) is 2.10. The van der Waals surface area contributed by atoms with Gasteiger partial charge in [0.2, 0.25) is 0 Å². The van der Waals surface area contributed by atoms with Gasteiger partial charge in [-0.05, 0) is 12.5 Å². The standard InChI is InChI=1S/C11H12N2O4/c1-2-4-10(11(14)15)12-8-5-3-6-9(7-8)13(16)17/h2-3,5-7,10,12H,1,4H2,(H,14,15). The number of nitrogens with one attached hydrogen (secondary N) is 1. The Labute approximate surface area is 97.7 Å². The van der Waals surface area contributed by atoms with E-state index >= 15 is 0 Å². The molecular weight excluding hydrogens is 224 g/mol. The molecule has 0 aliphatic rings. The summed E-state index contributed by atoms with van der Waals surface area (Å²) in [4.78, 5) is 20.9. The van der Waals surface area contributed by atoms with E-state index in [1.54, 1.807) is 6.07 Å². The molecule has 1 rings (SSSR count). The van der Waals surface area contributed by atoms with E-state index in [0.717, 1.165) is 0 Å². The topological polar surface area (TPSA) is 92.5 Å². The van der Waals surface area contributed by atoms with Crippen LogP contribution in [-0.2, 0) is 4.79 Å². The number of rotatable bonds is 6. The Bertz CT molecular complexity index is 445. The van der Waals surface area contributed by atoms with Gasteiger partial charge in [-0.25, -0.2) is 4.79 Å². The lowest BCUT2D eigenvalue weighted by atomic mass is 10.2. The minimum atomic E-state index is -1.03. The zero-order valence-corrected chi connectivity index (χ0v) is 9.00. The van der Waals surface area contributed by atoms with Crippen molar-refractivity contribution in [3.63, 3.8) is 0 Å². The van der Waals surface area contributed by atoms with Crippen LogP contribution in [-0.4, -0.2) is 22.0 Å². The second-order valence-corrected chi connectivity index (χ2v) is 3.37. The number of carboxylic acid groups (broad SMARTS) is 1. The second-order valence-electron chi connectivity index (χ2n) is 3.37. The summed E-state index contributed by atoms with van der Waals surface area (Å²) in [6.07, 6.45) is 1.71. The van der Waals surface area contributed by atoms with Crippen molar-refractivity contribution in [1.82, 2.24) is 0 Å². The fourth-order valence-electron chi connectivity index (χ4n) is 1.30. The zero-order valence-electron chi connectivity index (χ0n) is 9.00. The summed E-state index contributed by atoms with van der Waals surface area (Å²) in [6.45, 7) is 3.46. The van der Waals surface area contributed by atoms with Gasteiger partial charge in [-0.2, -0.15) is 0 Å². The molecule has 1 atom stereocenters. The van der Waals surface area contributed by atoms with Crippen molar-refractivity contribution in [2.75, 3.05) is 5.32 Å². The van der Waals surface area contributed by atoms with Crippen LogP contribution >= 0.6 is 0 Å². The van der Waals surface area contributed by atoms with Crippen molar-refractivity contribution in [2.24, 2.45) is 0 Å². The molecule has 0 spiro atoms. The lowest BCUT2D eigenvalue weighted by Crippen LogP contribution is -2.28. The summed E-state index contributed by atoms with van der Waals surface area (Å²) < 4.78 is 0. The Morgan fingerprint density at radius 1 is 1.65 bits per heavy atom. The molecule has 6 nitrogen and oxygen atoms in total. The summed E-state index contributed by atoms with van der Waals surface area (Å²) in [5.41, 5.74) is 0.311. The van der Waals surface area contributed by atoms with Crippen molar-refractivity contribution in [3.05, 3.63) is 47.0 Å². The summed E-state index contributed by atoms with van der Waals surface area (Å²) in [5.74, 6) is -1.03. The van der Waals surface area contributed by atoms with Crippen LogP contribution in [0.2, 0.25) is 0 Å². The van der Waals surface area contributed by atoms with Crippen molar-refractivity contribution >= 4 is 17.3 Å². The molecule has 0 aliphatic heterocycles. The van der Waals surface area contributed by atoms with Gasteiger partial charge < -0.3 is 10.4 Å². The quantitative estimate of drug-likeness (QED) is 0.448. The van der Waals surface area contributed by atoms with Gasteiger partial charge in [0.25, 0.3) is 5.69 Å². The Morgan fingerprint density at radius 2 is 2.35 bits per heavy atom. The summed E-state index contributed by atoms with van der Waals surface area (Å²) in [6, 6.07) is 4.86. The Morgan fingerprint density at radius 3 is 2.88 bits per heavy atom. The zero-order chi connectivity index (χ0) is 12.8. The Hall–Kier alpha value is -2.37. The van der Waals surface area contributed by atoms with Crippen LogP contribution in [0.25, 0.3) is 0 Å². The smallest absolute Gasteiger partial charge is 0.326 e. The number of aliphatic carboxylic acids is 1. The van der Waals surface area contributed by atoms with Crippen LogP contribution in [0, 0.1) is 10.1 Å². The highest BCUT2D eigenvalue weighted by atomic mass is 16.6. The first kappa shape index (κ1) is 12.7. The van der Waals surface area contributed by atoms with Crippen LogP contribution in [0.1, 0.15) is 6.42 Å². The predicted molar refractivity (Wildman–Crippen MR) is 63.0 cm³/mol. The molecule has 0 bridgehead atoms. The number of nitro groups is 1. The molecule has 90 valence electrons. The first-order chi connectivity index (χ1) is 8.04. The maximum Gasteiger partial charge on any atom is 0.326 e. The van der Waals surface area contributed by atoms with Gasteiger partial charge in [0, 0.05) is 17.8 Å². The first-order valence-electron chi connectivity index (χ1n) is 4.89. The second kappa shape index (κ2) is 5.64. The SMILES string of the molecule is C=CCC(Nc1cccc([N+](=O)[O-])c1)C(=O)O. The molecule has 0 radical (unpaired) electrons. The Balaban J connectivity index is 2.85. The molecule has 1 unspecified atom stereocenters. The highest BCUT2D eigenvalue weighted by Gasteiger charge is 2.16. The molecule has 0 fully saturated rings. The molecule has 0 aromatic heterocycles. The molecule has 6 heteroatoms. The minimum absolute atomic E-state index is 0.0854. The van der Waals surface area contributed by atoms with E-state index in [-0.39, 0.29) is 12.1 Å². The number of benzene rings is 1. The van der Waals surface area contributed by atoms with Gasteiger partial charge >= 0.3 is 5.97 Å². The number of carboxylic acids is 1. The summed E-state index contributed by atoms with van der Waals surface area (Å²) in [7, 11) is 0. The molecule has 1 aromatic rings. The van der Waals surface area contributed by atoms with Crippen LogP contribution in [0.15, 0.2) is 36.9 Å². The van der Waals surface area contributed by atoms with E-state index in [1.165, 1.54) is 24.3 Å². The van der Waals surface area contributed by atoms with Gasteiger partial charge in [0.1, 0.15) is 6.04 Å². The van der Waals surface area contributed by atoms with Crippen LogP contribution in [0.3, 0.4) is 0 Å². The molecule has 0 saturated carbocycles. The Kier molecular flexibility index (Phi) is 4.21. The number of nitrogens with zero attached hydrogens (tertiary/aromatic N) is 1. The molecule has 17 heavy (non-hydrogen) atoms. The average molecular weight is 236 g/mol. The molecule has 0 saturated heterocycles. The van der Waals surface area contributed by atoms with Crippen molar-refractivity contribution in [3.8, 4) is 0 Å². The van der Waals surface area contributed by atoms with E-state index in [2.05, 4.69) is 11.9 Å². The van der Waals surface area contributed by atoms with Gasteiger partial charge in [-0.1, -0.05) is 12.1 Å². The summed E-state index contributed by atoms with van der Waals surface area (Å²) in [5, 5.41) is 22.1.